The third-order valence-corrected chi connectivity index (χ3v) is 8.31. The van der Waals surface area contributed by atoms with Gasteiger partial charge in [0.05, 0.1) is 16.6 Å². The Morgan fingerprint density at radius 2 is 0.759 bits per heavy atom. The SMILES string of the molecule is O=P(n1ccc2ccccc21)(n1ccc2ccccc21)n1ccc2ccccc21. The van der Waals surface area contributed by atoms with E-state index in [0.29, 0.717) is 0 Å². The molecule has 0 spiro atoms. The summed E-state index contributed by atoms with van der Waals surface area (Å²) in [5.41, 5.74) is 2.85. The highest BCUT2D eigenvalue weighted by atomic mass is 31.2. The second-order valence-electron chi connectivity index (χ2n) is 7.17. The topological polar surface area (TPSA) is 31.9 Å². The number of hydrogen-bond donors (Lipinski definition) is 0. The van der Waals surface area contributed by atoms with Gasteiger partial charge in [-0.3, -0.25) is 13.0 Å². The van der Waals surface area contributed by atoms with Gasteiger partial charge in [-0.1, -0.05) is 54.6 Å². The number of benzene rings is 3. The Labute approximate surface area is 167 Å². The molecule has 0 bridgehead atoms. The van der Waals surface area contributed by atoms with Gasteiger partial charge in [0, 0.05) is 34.7 Å². The molecule has 5 heteroatoms. The van der Waals surface area contributed by atoms with Crippen LogP contribution in [0.2, 0.25) is 0 Å². The Kier molecular flexibility index (Phi) is 3.41. The van der Waals surface area contributed by atoms with E-state index in [2.05, 4.69) is 18.2 Å². The van der Waals surface area contributed by atoms with Crippen molar-refractivity contribution in [2.45, 2.75) is 0 Å². The summed E-state index contributed by atoms with van der Waals surface area (Å²) in [7, 11) is -3.32. The second kappa shape index (κ2) is 6.00. The lowest BCUT2D eigenvalue weighted by molar-refractivity contribution is 0.557. The fourth-order valence-corrected chi connectivity index (χ4v) is 6.93. The molecule has 29 heavy (non-hydrogen) atoms. The zero-order valence-electron chi connectivity index (χ0n) is 15.6. The van der Waals surface area contributed by atoms with Crippen molar-refractivity contribution >= 4 is 40.3 Å². The van der Waals surface area contributed by atoms with Crippen molar-refractivity contribution in [2.75, 3.05) is 0 Å². The molecule has 140 valence electrons. The van der Waals surface area contributed by atoms with Crippen LogP contribution in [0.25, 0.3) is 32.7 Å². The van der Waals surface area contributed by atoms with Gasteiger partial charge in [-0.25, -0.2) is 4.57 Å². The zero-order chi connectivity index (χ0) is 19.4. The molecular weight excluding hydrogens is 377 g/mol. The minimum atomic E-state index is -3.32. The number of hydrogen-bond acceptors (Lipinski definition) is 1. The summed E-state index contributed by atoms with van der Waals surface area (Å²) in [6.45, 7) is 0. The molecular formula is C24H18N3OP. The van der Waals surface area contributed by atoms with Crippen LogP contribution >= 0.6 is 7.59 Å². The first kappa shape index (κ1) is 16.5. The minimum absolute atomic E-state index is 0.950. The van der Waals surface area contributed by atoms with E-state index < -0.39 is 7.59 Å². The molecule has 0 saturated carbocycles. The molecule has 0 aliphatic rings. The van der Waals surface area contributed by atoms with Crippen molar-refractivity contribution in [3.05, 3.63) is 110 Å². The summed E-state index contributed by atoms with van der Waals surface area (Å²) in [5, 5.41) is 3.21. The van der Waals surface area contributed by atoms with Gasteiger partial charge in [0.1, 0.15) is 0 Å². The highest BCUT2D eigenvalue weighted by Crippen LogP contribution is 2.55. The van der Waals surface area contributed by atoms with E-state index in [0.717, 1.165) is 32.7 Å². The maximum atomic E-state index is 15.1. The molecule has 0 unspecified atom stereocenters. The van der Waals surface area contributed by atoms with Crippen LogP contribution in [0.15, 0.2) is 110 Å². The lowest BCUT2D eigenvalue weighted by atomic mass is 10.3. The number of para-hydroxylation sites is 3. The highest BCUT2D eigenvalue weighted by molar-refractivity contribution is 7.60. The smallest absolute Gasteiger partial charge is 0.265 e. The number of fused-ring (bicyclic) bond motifs is 3. The molecule has 4 nitrogen and oxygen atoms in total. The number of nitrogens with zero attached hydrogens (tertiary/aromatic N) is 3. The van der Waals surface area contributed by atoms with E-state index in [9.17, 15) is 0 Å². The normalized spacial score (nSPS) is 12.3. The molecule has 3 aromatic carbocycles. The van der Waals surface area contributed by atoms with Crippen LogP contribution in [0.5, 0.6) is 0 Å². The minimum Gasteiger partial charge on any atom is -0.265 e. The Morgan fingerprint density at radius 1 is 0.448 bits per heavy atom. The van der Waals surface area contributed by atoms with E-state index in [1.165, 1.54) is 0 Å². The molecule has 0 N–H and O–H groups in total. The van der Waals surface area contributed by atoms with Crippen molar-refractivity contribution in [1.82, 2.24) is 13.0 Å². The molecule has 0 aliphatic heterocycles. The van der Waals surface area contributed by atoms with Crippen molar-refractivity contribution < 1.29 is 4.57 Å². The predicted molar refractivity (Wildman–Crippen MR) is 120 cm³/mol. The quantitative estimate of drug-likeness (QED) is 0.311. The zero-order valence-corrected chi connectivity index (χ0v) is 16.5. The van der Waals surface area contributed by atoms with E-state index in [4.69, 9.17) is 0 Å². The summed E-state index contributed by atoms with van der Waals surface area (Å²) >= 11 is 0. The molecule has 0 amide bonds. The van der Waals surface area contributed by atoms with Crippen molar-refractivity contribution in [3.8, 4) is 0 Å². The molecule has 3 heterocycles. The van der Waals surface area contributed by atoms with Crippen LogP contribution < -0.4 is 0 Å². The van der Waals surface area contributed by atoms with Gasteiger partial charge in [-0.2, -0.15) is 0 Å². The monoisotopic (exact) mass is 395 g/mol. The first-order valence-electron chi connectivity index (χ1n) is 9.58. The Bertz CT molecular complexity index is 1370. The average molecular weight is 395 g/mol. The fraction of sp³-hybridized carbons (Fsp3) is 0. The lowest BCUT2D eigenvalue weighted by Crippen LogP contribution is -2.11. The highest BCUT2D eigenvalue weighted by Gasteiger charge is 2.32. The second-order valence-corrected chi connectivity index (χ2v) is 9.49. The number of aromatic nitrogens is 3. The van der Waals surface area contributed by atoms with Gasteiger partial charge in [-0.05, 0) is 36.4 Å². The van der Waals surface area contributed by atoms with E-state index in [-0.39, 0.29) is 0 Å². The summed E-state index contributed by atoms with van der Waals surface area (Å²) in [6.07, 6.45) is 5.82. The number of rotatable bonds is 3. The van der Waals surface area contributed by atoms with Crippen LogP contribution in [0, 0.1) is 0 Å². The van der Waals surface area contributed by atoms with Gasteiger partial charge in [0.25, 0.3) is 0 Å². The van der Waals surface area contributed by atoms with Crippen molar-refractivity contribution in [2.24, 2.45) is 0 Å². The standard InChI is InChI=1S/C24H18N3OP/c28-29(25-16-13-19-7-1-4-10-22(19)25,26-17-14-20-8-2-5-11-23(20)26)27-18-15-21-9-3-6-12-24(21)27/h1-18H. The Morgan fingerprint density at radius 3 is 1.10 bits per heavy atom. The van der Waals surface area contributed by atoms with Crippen LogP contribution in [0.3, 0.4) is 0 Å². The molecule has 6 rings (SSSR count). The molecule has 0 fully saturated rings. The van der Waals surface area contributed by atoms with E-state index >= 15 is 4.57 Å². The Balaban J connectivity index is 1.77. The van der Waals surface area contributed by atoms with Gasteiger partial charge < -0.3 is 0 Å². The van der Waals surface area contributed by atoms with Gasteiger partial charge >= 0.3 is 7.59 Å². The molecule has 0 atom stereocenters. The third-order valence-electron chi connectivity index (χ3n) is 5.58. The maximum absolute atomic E-state index is 15.1. The molecule has 3 aromatic heterocycles. The first-order chi connectivity index (χ1) is 14.3. The maximum Gasteiger partial charge on any atom is 0.372 e. The average Bonchev–Trinajstić information content (AvgIpc) is 3.49. The van der Waals surface area contributed by atoms with Gasteiger partial charge in [0.2, 0.25) is 0 Å². The largest absolute Gasteiger partial charge is 0.372 e. The van der Waals surface area contributed by atoms with Crippen LogP contribution in [-0.4, -0.2) is 13.0 Å². The van der Waals surface area contributed by atoms with Crippen LogP contribution in [0.4, 0.5) is 0 Å². The van der Waals surface area contributed by atoms with Crippen LogP contribution in [-0.2, 0) is 4.57 Å². The fourth-order valence-electron chi connectivity index (χ4n) is 4.20. The van der Waals surface area contributed by atoms with Crippen LogP contribution in [0.1, 0.15) is 0 Å². The summed E-state index contributed by atoms with van der Waals surface area (Å²) in [6, 6.07) is 30.3. The summed E-state index contributed by atoms with van der Waals surface area (Å²) in [4.78, 5) is 0. The van der Waals surface area contributed by atoms with Gasteiger partial charge in [0.15, 0.2) is 0 Å². The summed E-state index contributed by atoms with van der Waals surface area (Å²) in [5.74, 6) is 0. The third kappa shape index (κ3) is 2.24. The first-order valence-corrected chi connectivity index (χ1v) is 11.1. The predicted octanol–water partition coefficient (Wildman–Crippen LogP) is 6.60. The molecule has 0 saturated heterocycles. The van der Waals surface area contributed by atoms with Crippen molar-refractivity contribution in [3.63, 3.8) is 0 Å². The van der Waals surface area contributed by atoms with E-state index in [1.54, 1.807) is 0 Å². The van der Waals surface area contributed by atoms with Crippen molar-refractivity contribution in [1.29, 1.82) is 0 Å². The van der Waals surface area contributed by atoms with Gasteiger partial charge in [-0.15, -0.1) is 0 Å². The summed E-state index contributed by atoms with van der Waals surface area (Å²) < 4.78 is 20.9. The molecule has 6 aromatic rings. The molecule has 0 aliphatic carbocycles. The Hall–Kier alpha value is -3.49. The van der Waals surface area contributed by atoms with E-state index in [1.807, 2.05) is 104 Å². The molecule has 0 radical (unpaired) electrons. The lowest BCUT2D eigenvalue weighted by Gasteiger charge is -2.25.